The molecule has 1 rings (SSSR count). The second-order valence-corrected chi connectivity index (χ2v) is 1.00. The minimum absolute atomic E-state index is 1.48. The van der Waals surface area contributed by atoms with Gasteiger partial charge in [0.1, 0.15) is 0 Å². The molecule has 1 saturated heterocycles. The second kappa shape index (κ2) is 2.31. The highest BCUT2D eigenvalue weighted by molar-refractivity contribution is 4.63. The molecule has 0 radical (unpaired) electrons. The van der Waals surface area contributed by atoms with Gasteiger partial charge in [0, 0.05) is 16.4 Å². The summed E-state index contributed by atoms with van der Waals surface area (Å²) in [6.45, 7) is -9.97. The summed E-state index contributed by atoms with van der Waals surface area (Å²) >= 11 is 0. The molecule has 1 atom stereocenters. The van der Waals surface area contributed by atoms with E-state index in [2.05, 4.69) is 0 Å². The highest BCUT2D eigenvalue weighted by Gasteiger charge is 2.04. The summed E-state index contributed by atoms with van der Waals surface area (Å²) in [5, 5.41) is 1.48. The normalized spacial score (nSPS) is 99.4. The van der Waals surface area contributed by atoms with Crippen LogP contribution in [-0.4, -0.2) is 13.0 Å². The molecule has 0 aromatic carbocycles. The number of hydrogen-bond acceptors (Lipinski definition) is 1. The van der Waals surface area contributed by atoms with Crippen LogP contribution in [0.3, 0.4) is 0 Å². The zero-order valence-electron chi connectivity index (χ0n) is 15.5. The molecule has 0 amide bonds. The first-order chi connectivity index (χ1) is 7.96. The molecule has 7 heavy (non-hydrogen) atoms. The van der Waals surface area contributed by atoms with Crippen LogP contribution in [0.2, 0.25) is 0 Å². The van der Waals surface area contributed by atoms with Crippen molar-refractivity contribution in [3.05, 3.63) is 0 Å². The first-order valence-electron chi connectivity index (χ1n) is 7.75. The van der Waals surface area contributed by atoms with E-state index in [0.717, 1.165) is 0 Å². The van der Waals surface area contributed by atoms with Crippen LogP contribution in [-0.2, 0) is 0 Å². The Kier molecular flexibility index (Phi) is 0.227. The molecule has 0 bridgehead atoms. The zero-order valence-corrected chi connectivity index (χ0v) is 3.50. The van der Waals surface area contributed by atoms with E-state index in [9.17, 15) is 0 Å². The summed E-state index contributed by atoms with van der Waals surface area (Å²) in [7, 11) is 0. The molecule has 0 aromatic heterocycles. The van der Waals surface area contributed by atoms with Gasteiger partial charge in [-0.2, -0.15) is 0 Å². The largest absolute Gasteiger partial charge is 0.316 e. The fraction of sp³-hybridized carbons (Fsp3) is 1.00. The summed E-state index contributed by atoms with van der Waals surface area (Å²) < 4.78 is 89.0. The maximum Gasteiger partial charge on any atom is 0.0431 e. The van der Waals surface area contributed by atoms with E-state index in [4.69, 9.17) is 16.4 Å². The van der Waals surface area contributed by atoms with Gasteiger partial charge in [-0.3, -0.25) is 0 Å². The molecule has 0 aromatic rings. The Morgan fingerprint density at radius 3 is 4.00 bits per heavy atom. The molecule has 0 saturated carbocycles. The van der Waals surface area contributed by atoms with Crippen molar-refractivity contribution >= 4 is 0 Å². The number of piperidine rings is 1. The van der Waals surface area contributed by atoms with Crippen molar-refractivity contribution in [2.24, 2.45) is 5.89 Å². The van der Waals surface area contributed by atoms with Crippen molar-refractivity contribution in [2.45, 2.75) is 19.6 Å². The standard InChI is InChI=1S/C6H13N/c1-6-3-2-4-7-5-6/h6-7H,2-5H2,1H3/i1D3,2D2,3D2,4D2,5D2,6D. The van der Waals surface area contributed by atoms with E-state index in [-0.39, 0.29) is 0 Å². The highest BCUT2D eigenvalue weighted by Crippen LogP contribution is 2.06. The van der Waals surface area contributed by atoms with Crippen LogP contribution in [0, 0.1) is 5.89 Å². The van der Waals surface area contributed by atoms with E-state index >= 15 is 0 Å². The van der Waals surface area contributed by atoms with Gasteiger partial charge in [-0.15, -0.1) is 0 Å². The molecule has 1 heterocycles. The Hall–Kier alpha value is -0.0400. The average molecular weight is 111 g/mol. The monoisotopic (exact) mass is 111 g/mol. The van der Waals surface area contributed by atoms with Crippen molar-refractivity contribution in [1.82, 2.24) is 5.32 Å². The topological polar surface area (TPSA) is 12.0 Å². The molecular weight excluding hydrogens is 86.1 g/mol. The lowest BCUT2D eigenvalue weighted by molar-refractivity contribution is 0.405. The van der Waals surface area contributed by atoms with E-state index in [1.165, 1.54) is 5.32 Å². The van der Waals surface area contributed by atoms with Crippen LogP contribution in [0.5, 0.6) is 0 Å². The SMILES string of the molecule is [2H]C([2H])([2H])C1([2H])C([2H])([2H])NC([2H])([2H])C([2H])([2H])C1([2H])[2H]. The first-order valence-corrected chi connectivity index (χ1v) is 1.75. The maximum absolute atomic E-state index is 7.73. The Labute approximate surface area is 62.0 Å². The second-order valence-electron chi connectivity index (χ2n) is 1.00. The first kappa shape index (κ1) is 0.688. The zero-order chi connectivity index (χ0) is 15.7. The summed E-state index contributed by atoms with van der Waals surface area (Å²) in [5.74, 6) is -3.51. The van der Waals surface area contributed by atoms with Crippen LogP contribution in [0.1, 0.15) is 36.0 Å². The van der Waals surface area contributed by atoms with Gasteiger partial charge in [-0.05, 0) is 31.6 Å². The predicted molar refractivity (Wildman–Crippen MR) is 31.3 cm³/mol. The minimum Gasteiger partial charge on any atom is -0.316 e. The molecule has 1 fully saturated rings. The lowest BCUT2D eigenvalue weighted by Gasteiger charge is -2.17. The third-order valence-electron chi connectivity index (χ3n) is 0.500. The van der Waals surface area contributed by atoms with Gasteiger partial charge in [0.15, 0.2) is 0 Å². The smallest absolute Gasteiger partial charge is 0.0431 e. The van der Waals surface area contributed by atoms with Gasteiger partial charge in [-0.25, -0.2) is 0 Å². The molecular formula is C6H13N. The molecule has 0 spiro atoms. The van der Waals surface area contributed by atoms with Crippen molar-refractivity contribution in [3.8, 4) is 0 Å². The lowest BCUT2D eigenvalue weighted by atomic mass is 10.0. The third kappa shape index (κ3) is 1.48. The maximum atomic E-state index is 7.73. The molecule has 1 heteroatoms. The fourth-order valence-electron chi connectivity index (χ4n) is 0.250. The van der Waals surface area contributed by atoms with Crippen molar-refractivity contribution < 1.29 is 16.4 Å². The van der Waals surface area contributed by atoms with Crippen LogP contribution < -0.4 is 5.32 Å². The molecule has 1 aliphatic heterocycles. The summed E-state index contributed by atoms with van der Waals surface area (Å²) in [6, 6.07) is 0. The lowest BCUT2D eigenvalue weighted by Crippen LogP contribution is -2.27. The fourth-order valence-corrected chi connectivity index (χ4v) is 0.250. The molecule has 1 unspecified atom stereocenters. The number of nitrogens with one attached hydrogen (secondary N) is 1. The van der Waals surface area contributed by atoms with E-state index in [1.807, 2.05) is 0 Å². The van der Waals surface area contributed by atoms with E-state index < -0.39 is 38.5 Å². The predicted octanol–water partition coefficient (Wildman–Crippen LogP) is 1.01. The van der Waals surface area contributed by atoms with Crippen molar-refractivity contribution in [1.29, 1.82) is 0 Å². The highest BCUT2D eigenvalue weighted by atomic mass is 14.9. The minimum atomic E-state index is -3.59. The molecule has 1 nitrogen and oxygen atoms in total. The Bertz CT molecular complexity index is 382. The molecule has 0 aliphatic carbocycles. The van der Waals surface area contributed by atoms with Gasteiger partial charge in [0.05, 0.1) is 0 Å². The molecule has 1 aliphatic rings. The van der Waals surface area contributed by atoms with Crippen LogP contribution in [0.25, 0.3) is 0 Å². The Morgan fingerprint density at radius 1 is 2.14 bits per heavy atom. The van der Waals surface area contributed by atoms with E-state index in [0.29, 0.717) is 0 Å². The van der Waals surface area contributed by atoms with Crippen LogP contribution in [0.15, 0.2) is 0 Å². The molecule has 1 N–H and O–H groups in total. The van der Waals surface area contributed by atoms with Crippen LogP contribution in [0.4, 0.5) is 0 Å². The van der Waals surface area contributed by atoms with Gasteiger partial charge in [0.2, 0.25) is 0 Å². The number of hydrogen-bond donors (Lipinski definition) is 1. The summed E-state index contributed by atoms with van der Waals surface area (Å²) in [6.07, 6.45) is -7.01. The third-order valence-corrected chi connectivity index (χ3v) is 0.500. The van der Waals surface area contributed by atoms with Gasteiger partial charge >= 0.3 is 0 Å². The quantitative estimate of drug-likeness (QED) is 0.492. The van der Waals surface area contributed by atoms with Crippen LogP contribution >= 0.6 is 0 Å². The Balaban J connectivity index is 3.65. The van der Waals surface area contributed by atoms with Gasteiger partial charge in [-0.1, -0.05) is 6.85 Å². The van der Waals surface area contributed by atoms with Crippen molar-refractivity contribution in [3.63, 3.8) is 0 Å². The van der Waals surface area contributed by atoms with E-state index in [1.54, 1.807) is 0 Å². The number of rotatable bonds is 0. The summed E-state index contributed by atoms with van der Waals surface area (Å²) in [5.41, 5.74) is 0. The Morgan fingerprint density at radius 2 is 3.14 bits per heavy atom. The summed E-state index contributed by atoms with van der Waals surface area (Å²) in [4.78, 5) is 0. The van der Waals surface area contributed by atoms with Crippen molar-refractivity contribution in [2.75, 3.05) is 13.0 Å². The molecule has 42 valence electrons. The van der Waals surface area contributed by atoms with Gasteiger partial charge < -0.3 is 5.32 Å². The average Bonchev–Trinajstić information content (AvgIpc) is 2.10. The van der Waals surface area contributed by atoms with Gasteiger partial charge in [0.25, 0.3) is 0 Å².